The molecular weight excluding hydrogens is 312 g/mol. The Kier molecular flexibility index (Phi) is 6.74. The van der Waals surface area contributed by atoms with Gasteiger partial charge < -0.3 is 14.5 Å². The fraction of sp³-hybridized carbons (Fsp3) is 0.667. The van der Waals surface area contributed by atoms with Crippen LogP contribution in [0.2, 0.25) is 0 Å². The quantitative estimate of drug-likeness (QED) is 0.722. The molecule has 4 nitrogen and oxygen atoms in total. The van der Waals surface area contributed by atoms with Gasteiger partial charge in [-0.05, 0) is 69.3 Å². The maximum absolute atomic E-state index is 11.9. The third-order valence-corrected chi connectivity index (χ3v) is 5.61. The first-order chi connectivity index (χ1) is 12.2. The molecule has 138 valence electrons. The van der Waals surface area contributed by atoms with E-state index in [9.17, 15) is 4.79 Å². The van der Waals surface area contributed by atoms with E-state index in [-0.39, 0.29) is 5.91 Å². The Bertz CT molecular complexity index is 561. The average Bonchev–Trinajstić information content (AvgIpc) is 2.62. The summed E-state index contributed by atoms with van der Waals surface area (Å²) in [7, 11) is 0. The minimum absolute atomic E-state index is 0.150. The fourth-order valence-electron chi connectivity index (χ4n) is 4.12. The number of carbonyl (C=O) groups is 1. The summed E-state index contributed by atoms with van der Waals surface area (Å²) in [4.78, 5) is 16.5. The summed E-state index contributed by atoms with van der Waals surface area (Å²) in [5.41, 5.74) is 1.36. The molecule has 2 bridgehead atoms. The summed E-state index contributed by atoms with van der Waals surface area (Å²) in [6, 6.07) is 9.20. The van der Waals surface area contributed by atoms with Gasteiger partial charge in [-0.25, -0.2) is 0 Å². The monoisotopic (exact) mass is 344 g/mol. The fourth-order valence-corrected chi connectivity index (χ4v) is 4.12. The van der Waals surface area contributed by atoms with Gasteiger partial charge in [0.05, 0.1) is 6.54 Å². The summed E-state index contributed by atoms with van der Waals surface area (Å²) in [5.74, 6) is 1.08. The summed E-state index contributed by atoms with van der Waals surface area (Å²) in [5, 5.41) is 0. The van der Waals surface area contributed by atoms with Crippen LogP contribution in [0, 0.1) is 0 Å². The van der Waals surface area contributed by atoms with Crippen LogP contribution in [0.4, 0.5) is 0 Å². The highest BCUT2D eigenvalue weighted by molar-refractivity contribution is 5.73. The van der Waals surface area contributed by atoms with Gasteiger partial charge in [0.15, 0.2) is 0 Å². The minimum Gasteiger partial charge on any atom is -0.492 e. The van der Waals surface area contributed by atoms with Gasteiger partial charge in [0.2, 0.25) is 5.91 Å². The van der Waals surface area contributed by atoms with E-state index < -0.39 is 0 Å². The van der Waals surface area contributed by atoms with E-state index in [1.165, 1.54) is 50.8 Å². The topological polar surface area (TPSA) is 32.8 Å². The Morgan fingerprint density at radius 2 is 1.84 bits per heavy atom. The van der Waals surface area contributed by atoms with Crippen molar-refractivity contribution in [2.75, 3.05) is 32.8 Å². The maximum Gasteiger partial charge on any atom is 0.219 e. The van der Waals surface area contributed by atoms with Crippen molar-refractivity contribution in [3.05, 3.63) is 29.8 Å². The Balaban J connectivity index is 1.70. The van der Waals surface area contributed by atoms with Gasteiger partial charge in [0.1, 0.15) is 12.4 Å². The van der Waals surface area contributed by atoms with Crippen LogP contribution in [0.1, 0.15) is 51.0 Å². The molecule has 3 rings (SSSR count). The lowest BCUT2D eigenvalue weighted by Gasteiger charge is -2.36. The van der Waals surface area contributed by atoms with E-state index in [1.807, 2.05) is 11.0 Å². The number of amides is 1. The summed E-state index contributed by atoms with van der Waals surface area (Å²) >= 11 is 0. The van der Waals surface area contributed by atoms with E-state index in [2.05, 4.69) is 23.1 Å². The number of hydrogen-bond acceptors (Lipinski definition) is 3. The number of hydrogen-bond donors (Lipinski definition) is 0. The number of benzene rings is 1. The summed E-state index contributed by atoms with van der Waals surface area (Å²) in [6.07, 6.45) is 8.64. The molecule has 0 N–H and O–H groups in total. The van der Waals surface area contributed by atoms with Crippen LogP contribution in [0.15, 0.2) is 24.3 Å². The molecule has 0 aromatic heterocycles. The second kappa shape index (κ2) is 9.23. The van der Waals surface area contributed by atoms with Gasteiger partial charge in [-0.2, -0.15) is 0 Å². The molecule has 1 saturated heterocycles. The molecule has 2 aliphatic heterocycles. The highest BCUT2D eigenvalue weighted by Gasteiger charge is 2.22. The zero-order valence-corrected chi connectivity index (χ0v) is 15.6. The van der Waals surface area contributed by atoms with Crippen molar-refractivity contribution in [2.45, 2.75) is 57.9 Å². The number of piperidine rings is 1. The normalized spacial score (nSPS) is 23.7. The standard InChI is InChI=1S/C21H32N2O2/c1-18(24)22-12-4-5-14-23-13-3-2-8-20(23)11-10-19-7-6-9-21(17-19)25-16-15-22/h6-7,9,17,20H,2-5,8,10-16H2,1H3. The molecule has 0 saturated carbocycles. The van der Waals surface area contributed by atoms with E-state index in [4.69, 9.17) is 4.74 Å². The van der Waals surface area contributed by atoms with Crippen LogP contribution >= 0.6 is 0 Å². The lowest BCUT2D eigenvalue weighted by Crippen LogP contribution is -2.40. The van der Waals surface area contributed by atoms with E-state index in [1.54, 1.807) is 6.92 Å². The van der Waals surface area contributed by atoms with Gasteiger partial charge >= 0.3 is 0 Å². The van der Waals surface area contributed by atoms with Crippen molar-refractivity contribution in [3.63, 3.8) is 0 Å². The van der Waals surface area contributed by atoms with E-state index in [0.717, 1.165) is 25.1 Å². The summed E-state index contributed by atoms with van der Waals surface area (Å²) < 4.78 is 5.91. The molecule has 1 fully saturated rings. The second-order valence-corrected chi connectivity index (χ2v) is 7.43. The highest BCUT2D eigenvalue weighted by Crippen LogP contribution is 2.23. The minimum atomic E-state index is 0.150. The number of aryl methyl sites for hydroxylation is 1. The van der Waals surface area contributed by atoms with Crippen LogP contribution in [0.25, 0.3) is 0 Å². The van der Waals surface area contributed by atoms with Gasteiger partial charge in [0, 0.05) is 19.5 Å². The van der Waals surface area contributed by atoms with Crippen molar-refractivity contribution in [3.8, 4) is 5.75 Å². The molecular formula is C21H32N2O2. The first kappa shape index (κ1) is 18.2. The molecule has 25 heavy (non-hydrogen) atoms. The molecule has 1 amide bonds. The SMILES string of the molecule is CC(=O)N1CCCCN2CCCCC2CCc2cccc(c2)OCC1. The van der Waals surface area contributed by atoms with Crippen LogP contribution in [0.3, 0.4) is 0 Å². The smallest absolute Gasteiger partial charge is 0.219 e. The molecule has 0 spiro atoms. The van der Waals surface area contributed by atoms with Crippen LogP contribution in [-0.4, -0.2) is 54.5 Å². The number of rotatable bonds is 0. The molecule has 2 aliphatic rings. The molecule has 2 heterocycles. The first-order valence-electron chi connectivity index (χ1n) is 9.94. The largest absolute Gasteiger partial charge is 0.492 e. The average molecular weight is 344 g/mol. The lowest BCUT2D eigenvalue weighted by molar-refractivity contribution is -0.129. The third kappa shape index (κ3) is 5.46. The molecule has 4 heteroatoms. The zero-order chi connectivity index (χ0) is 17.5. The predicted octanol–water partition coefficient (Wildman–Crippen LogP) is 3.49. The van der Waals surface area contributed by atoms with E-state index in [0.29, 0.717) is 19.2 Å². The van der Waals surface area contributed by atoms with Gasteiger partial charge in [-0.3, -0.25) is 4.79 Å². The van der Waals surface area contributed by atoms with Crippen molar-refractivity contribution >= 4 is 5.91 Å². The molecule has 1 unspecified atom stereocenters. The summed E-state index contributed by atoms with van der Waals surface area (Å²) in [6.45, 7) is 6.16. The molecule has 1 aromatic carbocycles. The number of fused-ring (bicyclic) bond motifs is 3. The van der Waals surface area contributed by atoms with Crippen molar-refractivity contribution in [1.29, 1.82) is 0 Å². The van der Waals surface area contributed by atoms with Crippen LogP contribution in [0.5, 0.6) is 5.75 Å². The third-order valence-electron chi connectivity index (χ3n) is 5.61. The van der Waals surface area contributed by atoms with Crippen molar-refractivity contribution in [2.24, 2.45) is 0 Å². The van der Waals surface area contributed by atoms with Gasteiger partial charge in [0.25, 0.3) is 0 Å². The van der Waals surface area contributed by atoms with Crippen LogP contribution in [-0.2, 0) is 11.2 Å². The van der Waals surface area contributed by atoms with E-state index >= 15 is 0 Å². The number of ether oxygens (including phenoxy) is 1. The van der Waals surface area contributed by atoms with Crippen molar-refractivity contribution < 1.29 is 9.53 Å². The highest BCUT2D eigenvalue weighted by atomic mass is 16.5. The molecule has 0 radical (unpaired) electrons. The maximum atomic E-state index is 11.9. The predicted molar refractivity (Wildman–Crippen MR) is 101 cm³/mol. The Labute approximate surface area is 152 Å². The first-order valence-corrected chi connectivity index (χ1v) is 9.94. The molecule has 1 aromatic rings. The molecule has 1 atom stereocenters. The zero-order valence-electron chi connectivity index (χ0n) is 15.6. The molecule has 0 aliphatic carbocycles. The number of nitrogens with zero attached hydrogens (tertiary/aromatic N) is 2. The lowest BCUT2D eigenvalue weighted by atomic mass is 9.95. The second-order valence-electron chi connectivity index (χ2n) is 7.43. The van der Waals surface area contributed by atoms with Crippen molar-refractivity contribution in [1.82, 2.24) is 9.80 Å². The van der Waals surface area contributed by atoms with Gasteiger partial charge in [-0.15, -0.1) is 0 Å². The number of carbonyl (C=O) groups excluding carboxylic acids is 1. The Morgan fingerprint density at radius 3 is 2.68 bits per heavy atom. The Morgan fingerprint density at radius 1 is 1.04 bits per heavy atom. The van der Waals surface area contributed by atoms with Crippen LogP contribution < -0.4 is 4.74 Å². The Hall–Kier alpha value is -1.55. The van der Waals surface area contributed by atoms with Gasteiger partial charge in [-0.1, -0.05) is 18.6 Å².